The highest BCUT2D eigenvalue weighted by Crippen LogP contribution is 2.30. The van der Waals surface area contributed by atoms with Gasteiger partial charge in [0.25, 0.3) is 0 Å². The summed E-state index contributed by atoms with van der Waals surface area (Å²) in [5.74, 6) is -0.453. The topological polar surface area (TPSA) is 45.5 Å². The number of nitriles is 1. The Morgan fingerprint density at radius 2 is 1.82 bits per heavy atom. The largest absolute Gasteiger partial charge is 0.361 e. The Kier molecular flexibility index (Phi) is 3.32. The van der Waals surface area contributed by atoms with Crippen LogP contribution in [0.1, 0.15) is 5.56 Å². The fourth-order valence-electron chi connectivity index (χ4n) is 1.98. The van der Waals surface area contributed by atoms with Crippen molar-refractivity contribution in [2.24, 2.45) is 0 Å². The Labute approximate surface area is 101 Å². The van der Waals surface area contributed by atoms with E-state index in [0.29, 0.717) is 6.42 Å². The normalized spacial score (nSPS) is 17.4. The second-order valence-corrected chi connectivity index (χ2v) is 4.18. The molecule has 0 amide bonds. The van der Waals surface area contributed by atoms with Gasteiger partial charge in [-0.3, -0.25) is 0 Å². The zero-order valence-corrected chi connectivity index (χ0v) is 10.1. The third-order valence-electron chi connectivity index (χ3n) is 3.19. The van der Waals surface area contributed by atoms with Crippen LogP contribution in [-0.2, 0) is 15.9 Å². The average molecular weight is 232 g/mol. The molecule has 1 aliphatic heterocycles. The lowest BCUT2D eigenvalue weighted by atomic mass is 10.0. The van der Waals surface area contributed by atoms with Gasteiger partial charge in [0.15, 0.2) is 0 Å². The summed E-state index contributed by atoms with van der Waals surface area (Å²) in [6.45, 7) is 1.47. The van der Waals surface area contributed by atoms with Crippen LogP contribution >= 0.6 is 0 Å². The Balaban J connectivity index is 2.00. The molecule has 17 heavy (non-hydrogen) atoms. The Bertz CT molecular complexity index is 410. The first kappa shape index (κ1) is 11.9. The summed E-state index contributed by atoms with van der Waals surface area (Å²) >= 11 is 0. The van der Waals surface area contributed by atoms with E-state index in [9.17, 15) is 0 Å². The lowest BCUT2D eigenvalue weighted by Gasteiger charge is -2.48. The molecule has 2 rings (SSSR count). The van der Waals surface area contributed by atoms with Crippen LogP contribution in [0, 0.1) is 11.3 Å². The maximum Gasteiger partial charge on any atom is 0.203 e. The molecule has 0 aromatic heterocycles. The summed E-state index contributed by atoms with van der Waals surface area (Å²) in [4.78, 5) is 2.18. The van der Waals surface area contributed by atoms with Crippen molar-refractivity contribution in [3.63, 3.8) is 0 Å². The minimum absolute atomic E-state index is 0.453. The van der Waals surface area contributed by atoms with Crippen LogP contribution in [-0.4, -0.2) is 33.1 Å². The summed E-state index contributed by atoms with van der Waals surface area (Å²) in [6.07, 6.45) is 0.459. The fourth-order valence-corrected chi connectivity index (χ4v) is 1.98. The highest BCUT2D eigenvalue weighted by atomic mass is 16.7. The SMILES string of the molecule is COC1(OC)CN(c2ccc(CC#N)cc2)C1. The number of hydrogen-bond donors (Lipinski definition) is 0. The molecule has 0 bridgehead atoms. The maximum absolute atomic E-state index is 8.59. The van der Waals surface area contributed by atoms with Gasteiger partial charge in [-0.1, -0.05) is 12.1 Å². The van der Waals surface area contributed by atoms with Crippen molar-refractivity contribution in [1.82, 2.24) is 0 Å². The molecule has 1 fully saturated rings. The first-order chi connectivity index (χ1) is 8.23. The van der Waals surface area contributed by atoms with Crippen molar-refractivity contribution in [2.75, 3.05) is 32.2 Å². The number of benzene rings is 1. The molecule has 1 aromatic carbocycles. The molecule has 0 radical (unpaired) electrons. The summed E-state index contributed by atoms with van der Waals surface area (Å²) in [7, 11) is 3.33. The number of ether oxygens (including phenoxy) is 2. The lowest BCUT2D eigenvalue weighted by molar-refractivity contribution is -0.219. The van der Waals surface area contributed by atoms with Gasteiger partial charge in [0.05, 0.1) is 25.6 Å². The van der Waals surface area contributed by atoms with E-state index in [0.717, 1.165) is 24.3 Å². The standard InChI is InChI=1S/C13H16N2O2/c1-16-13(17-2)9-15(10-13)12-5-3-11(4-6-12)7-8-14/h3-6H,7,9-10H2,1-2H3. The smallest absolute Gasteiger partial charge is 0.203 e. The molecule has 0 spiro atoms. The van der Waals surface area contributed by atoms with Crippen molar-refractivity contribution in [3.8, 4) is 6.07 Å². The van der Waals surface area contributed by atoms with E-state index < -0.39 is 5.79 Å². The monoisotopic (exact) mass is 232 g/mol. The van der Waals surface area contributed by atoms with Gasteiger partial charge in [-0.25, -0.2) is 0 Å². The highest BCUT2D eigenvalue weighted by Gasteiger charge is 2.43. The first-order valence-electron chi connectivity index (χ1n) is 5.54. The van der Waals surface area contributed by atoms with Crippen LogP contribution in [0.25, 0.3) is 0 Å². The van der Waals surface area contributed by atoms with E-state index in [1.165, 1.54) is 0 Å². The molecule has 0 atom stereocenters. The molecule has 90 valence electrons. The van der Waals surface area contributed by atoms with Crippen LogP contribution in [0.15, 0.2) is 24.3 Å². The van der Waals surface area contributed by atoms with E-state index in [1.54, 1.807) is 14.2 Å². The number of anilines is 1. The van der Waals surface area contributed by atoms with Crippen molar-refractivity contribution in [2.45, 2.75) is 12.2 Å². The molecular weight excluding hydrogens is 216 g/mol. The third-order valence-corrected chi connectivity index (χ3v) is 3.19. The molecule has 1 aromatic rings. The van der Waals surface area contributed by atoms with Gasteiger partial charge >= 0.3 is 0 Å². The lowest BCUT2D eigenvalue weighted by Crippen LogP contribution is -2.64. The van der Waals surface area contributed by atoms with Gasteiger partial charge in [0.1, 0.15) is 0 Å². The Hall–Kier alpha value is -1.57. The number of hydrogen-bond acceptors (Lipinski definition) is 4. The van der Waals surface area contributed by atoms with E-state index in [1.807, 2.05) is 24.3 Å². The molecule has 1 saturated heterocycles. The Morgan fingerprint density at radius 3 is 2.29 bits per heavy atom. The van der Waals surface area contributed by atoms with Crippen LogP contribution < -0.4 is 4.90 Å². The molecule has 0 saturated carbocycles. The second kappa shape index (κ2) is 4.74. The van der Waals surface area contributed by atoms with Gasteiger partial charge in [-0.2, -0.15) is 5.26 Å². The predicted octanol–water partition coefficient (Wildman–Crippen LogP) is 1.56. The molecule has 1 heterocycles. The van der Waals surface area contributed by atoms with E-state index >= 15 is 0 Å². The van der Waals surface area contributed by atoms with Crippen LogP contribution in [0.3, 0.4) is 0 Å². The summed E-state index contributed by atoms with van der Waals surface area (Å²) in [5, 5.41) is 8.59. The molecule has 4 nitrogen and oxygen atoms in total. The van der Waals surface area contributed by atoms with Gasteiger partial charge in [-0.05, 0) is 17.7 Å². The molecule has 0 N–H and O–H groups in total. The minimum Gasteiger partial charge on any atom is -0.361 e. The molecule has 4 heteroatoms. The Morgan fingerprint density at radius 1 is 1.24 bits per heavy atom. The number of nitrogens with zero attached hydrogens (tertiary/aromatic N) is 2. The summed E-state index contributed by atoms with van der Waals surface area (Å²) in [6, 6.07) is 10.2. The van der Waals surface area contributed by atoms with Crippen LogP contribution in [0.2, 0.25) is 0 Å². The van der Waals surface area contributed by atoms with Gasteiger partial charge < -0.3 is 14.4 Å². The first-order valence-corrected chi connectivity index (χ1v) is 5.54. The summed E-state index contributed by atoms with van der Waals surface area (Å²) in [5.41, 5.74) is 2.18. The van der Waals surface area contributed by atoms with E-state index in [-0.39, 0.29) is 0 Å². The molecule has 1 aliphatic rings. The number of methoxy groups -OCH3 is 2. The second-order valence-electron chi connectivity index (χ2n) is 4.18. The minimum atomic E-state index is -0.453. The van der Waals surface area contributed by atoms with Crippen molar-refractivity contribution in [3.05, 3.63) is 29.8 Å². The van der Waals surface area contributed by atoms with Gasteiger partial charge in [-0.15, -0.1) is 0 Å². The fraction of sp³-hybridized carbons (Fsp3) is 0.462. The predicted molar refractivity (Wildman–Crippen MR) is 64.7 cm³/mol. The maximum atomic E-state index is 8.59. The van der Waals surface area contributed by atoms with E-state index in [2.05, 4.69) is 11.0 Å². The van der Waals surface area contributed by atoms with Gasteiger partial charge in [0.2, 0.25) is 5.79 Å². The van der Waals surface area contributed by atoms with Gasteiger partial charge in [0, 0.05) is 19.9 Å². The van der Waals surface area contributed by atoms with Crippen molar-refractivity contribution in [1.29, 1.82) is 5.26 Å². The van der Waals surface area contributed by atoms with Crippen LogP contribution in [0.4, 0.5) is 5.69 Å². The van der Waals surface area contributed by atoms with Crippen LogP contribution in [0.5, 0.6) is 0 Å². The highest BCUT2D eigenvalue weighted by molar-refractivity contribution is 5.51. The molecule has 0 aliphatic carbocycles. The zero-order chi connectivity index (χ0) is 12.3. The molecule has 0 unspecified atom stereocenters. The van der Waals surface area contributed by atoms with Crippen molar-refractivity contribution < 1.29 is 9.47 Å². The summed E-state index contributed by atoms with van der Waals surface area (Å²) < 4.78 is 10.7. The van der Waals surface area contributed by atoms with Crippen molar-refractivity contribution >= 4 is 5.69 Å². The third kappa shape index (κ3) is 2.26. The average Bonchev–Trinajstić information content (AvgIpc) is 2.31. The quantitative estimate of drug-likeness (QED) is 0.739. The zero-order valence-electron chi connectivity index (χ0n) is 10.1. The number of rotatable bonds is 4. The molecular formula is C13H16N2O2. The van der Waals surface area contributed by atoms with E-state index in [4.69, 9.17) is 14.7 Å².